The van der Waals surface area contributed by atoms with Gasteiger partial charge < -0.3 is 11.5 Å². The summed E-state index contributed by atoms with van der Waals surface area (Å²) in [5.41, 5.74) is 18.1. The molecule has 0 amide bonds. The van der Waals surface area contributed by atoms with Crippen LogP contribution in [0.15, 0.2) is 66.7 Å². The van der Waals surface area contributed by atoms with Crippen molar-refractivity contribution in [2.75, 3.05) is 11.5 Å². The molecule has 0 saturated heterocycles. The van der Waals surface area contributed by atoms with E-state index in [-0.39, 0.29) is 0 Å². The second kappa shape index (κ2) is 5.37. The zero-order valence-corrected chi connectivity index (χ0v) is 14.7. The van der Waals surface area contributed by atoms with E-state index in [1.54, 1.807) is 0 Å². The number of hydrogen-bond acceptors (Lipinski definition) is 2. The molecular formula is C24H20N2. The first-order valence-corrected chi connectivity index (χ1v) is 9.02. The smallest absolute Gasteiger partial charge is 0.0474 e. The number of hydrogen-bond donors (Lipinski definition) is 2. The maximum Gasteiger partial charge on any atom is 0.0474 e. The molecule has 5 aromatic rings. The maximum atomic E-state index is 6.64. The van der Waals surface area contributed by atoms with Gasteiger partial charge in [-0.1, -0.05) is 61.5 Å². The van der Waals surface area contributed by atoms with Crippen LogP contribution in [0.1, 0.15) is 12.5 Å². The Labute approximate surface area is 152 Å². The van der Waals surface area contributed by atoms with Crippen LogP contribution in [0, 0.1) is 0 Å². The van der Waals surface area contributed by atoms with Crippen LogP contribution in [0.3, 0.4) is 0 Å². The summed E-state index contributed by atoms with van der Waals surface area (Å²) in [6, 6.07) is 23.5. The summed E-state index contributed by atoms with van der Waals surface area (Å²) >= 11 is 0. The van der Waals surface area contributed by atoms with Gasteiger partial charge in [0.25, 0.3) is 0 Å². The molecule has 126 valence electrons. The summed E-state index contributed by atoms with van der Waals surface area (Å²) in [6.07, 6.45) is 1.04. The van der Waals surface area contributed by atoms with Gasteiger partial charge in [0.15, 0.2) is 0 Å². The van der Waals surface area contributed by atoms with E-state index in [0.717, 1.165) is 39.7 Å². The van der Waals surface area contributed by atoms with Gasteiger partial charge in [0.1, 0.15) is 0 Å². The summed E-state index contributed by atoms with van der Waals surface area (Å²) in [5, 5.41) is 7.01. The van der Waals surface area contributed by atoms with Crippen molar-refractivity contribution in [3.05, 3.63) is 72.3 Å². The highest BCUT2D eigenvalue weighted by Crippen LogP contribution is 2.42. The fourth-order valence-electron chi connectivity index (χ4n) is 4.08. The second-order valence-electron chi connectivity index (χ2n) is 6.97. The molecule has 0 unspecified atom stereocenters. The van der Waals surface area contributed by atoms with Gasteiger partial charge in [-0.3, -0.25) is 0 Å². The minimum Gasteiger partial charge on any atom is -0.398 e. The highest BCUT2D eigenvalue weighted by atomic mass is 14.6. The molecule has 0 aromatic heterocycles. The Morgan fingerprint density at radius 3 is 2.12 bits per heavy atom. The highest BCUT2D eigenvalue weighted by Gasteiger charge is 2.15. The number of aryl methyl sites for hydroxylation is 1. The molecule has 0 bridgehead atoms. The predicted molar refractivity (Wildman–Crippen MR) is 114 cm³/mol. The van der Waals surface area contributed by atoms with Gasteiger partial charge in [-0.05, 0) is 51.2 Å². The van der Waals surface area contributed by atoms with Crippen molar-refractivity contribution in [2.45, 2.75) is 13.3 Å². The number of anilines is 2. The van der Waals surface area contributed by atoms with Crippen LogP contribution < -0.4 is 11.5 Å². The Bertz CT molecular complexity index is 1270. The maximum absolute atomic E-state index is 6.64. The molecule has 5 aromatic carbocycles. The summed E-state index contributed by atoms with van der Waals surface area (Å²) in [7, 11) is 0. The van der Waals surface area contributed by atoms with Crippen molar-refractivity contribution >= 4 is 43.7 Å². The van der Waals surface area contributed by atoms with Crippen molar-refractivity contribution in [2.24, 2.45) is 0 Å². The lowest BCUT2D eigenvalue weighted by molar-refractivity contribution is 1.14. The van der Waals surface area contributed by atoms with E-state index in [2.05, 4.69) is 67.6 Å². The van der Waals surface area contributed by atoms with E-state index < -0.39 is 0 Å². The predicted octanol–water partition coefficient (Wildman–Crippen LogP) is 5.98. The van der Waals surface area contributed by atoms with Crippen molar-refractivity contribution in [3.8, 4) is 11.1 Å². The Morgan fingerprint density at radius 1 is 0.692 bits per heavy atom. The lowest BCUT2D eigenvalue weighted by atomic mass is 9.89. The molecule has 0 fully saturated rings. The van der Waals surface area contributed by atoms with Crippen LogP contribution in [0.5, 0.6) is 0 Å². The van der Waals surface area contributed by atoms with Crippen LogP contribution in [-0.4, -0.2) is 0 Å². The van der Waals surface area contributed by atoms with Gasteiger partial charge in [-0.25, -0.2) is 0 Å². The molecular weight excluding hydrogens is 316 g/mol. The van der Waals surface area contributed by atoms with Gasteiger partial charge in [0, 0.05) is 27.7 Å². The van der Waals surface area contributed by atoms with Crippen LogP contribution in [0.25, 0.3) is 43.4 Å². The van der Waals surface area contributed by atoms with Crippen molar-refractivity contribution < 1.29 is 0 Å². The average Bonchev–Trinajstić information content (AvgIpc) is 2.69. The summed E-state index contributed by atoms with van der Waals surface area (Å²) < 4.78 is 0. The monoisotopic (exact) mass is 336 g/mol. The molecule has 0 aliphatic carbocycles. The van der Waals surface area contributed by atoms with Gasteiger partial charge in [0.05, 0.1) is 0 Å². The SMILES string of the molecule is CCc1ccc(-c2cc3ccc4c(N)ccc5ccc(c2N)c3c54)cc1. The fourth-order valence-corrected chi connectivity index (χ4v) is 4.08. The molecule has 4 N–H and O–H groups in total. The third-order valence-electron chi connectivity index (χ3n) is 5.53. The quantitative estimate of drug-likeness (QED) is 0.308. The van der Waals surface area contributed by atoms with E-state index >= 15 is 0 Å². The summed E-state index contributed by atoms with van der Waals surface area (Å²) in [6.45, 7) is 2.17. The minimum absolute atomic E-state index is 0.810. The van der Waals surface area contributed by atoms with Crippen LogP contribution >= 0.6 is 0 Å². The van der Waals surface area contributed by atoms with Crippen LogP contribution in [0.2, 0.25) is 0 Å². The van der Waals surface area contributed by atoms with Gasteiger partial charge in [-0.15, -0.1) is 0 Å². The molecule has 5 rings (SSSR count). The molecule has 0 aliphatic heterocycles. The Morgan fingerprint density at radius 2 is 1.35 bits per heavy atom. The molecule has 0 atom stereocenters. The van der Waals surface area contributed by atoms with Crippen molar-refractivity contribution in [1.82, 2.24) is 0 Å². The summed E-state index contributed by atoms with van der Waals surface area (Å²) in [5.74, 6) is 0. The summed E-state index contributed by atoms with van der Waals surface area (Å²) in [4.78, 5) is 0. The highest BCUT2D eigenvalue weighted by molar-refractivity contribution is 6.28. The zero-order valence-electron chi connectivity index (χ0n) is 14.7. The molecule has 0 aliphatic rings. The molecule has 0 saturated carbocycles. The zero-order chi connectivity index (χ0) is 17.8. The Kier molecular flexibility index (Phi) is 3.10. The molecule has 26 heavy (non-hydrogen) atoms. The lowest BCUT2D eigenvalue weighted by Crippen LogP contribution is -1.96. The first-order chi connectivity index (χ1) is 12.7. The minimum atomic E-state index is 0.810. The topological polar surface area (TPSA) is 52.0 Å². The second-order valence-corrected chi connectivity index (χ2v) is 6.97. The Balaban J connectivity index is 1.88. The van der Waals surface area contributed by atoms with Crippen LogP contribution in [-0.2, 0) is 6.42 Å². The van der Waals surface area contributed by atoms with Gasteiger partial charge >= 0.3 is 0 Å². The first-order valence-electron chi connectivity index (χ1n) is 9.02. The number of rotatable bonds is 2. The standard InChI is InChI=1S/C24H20N2/c1-2-14-3-5-15(6-4-14)20-13-17-8-10-18-21(25)12-9-16-7-11-19(24(20)26)23(17)22(16)18/h3-13H,2,25-26H2,1H3. The largest absolute Gasteiger partial charge is 0.398 e. The van der Waals surface area contributed by atoms with Crippen LogP contribution in [0.4, 0.5) is 11.4 Å². The molecule has 2 heteroatoms. The van der Waals surface area contributed by atoms with E-state index in [1.165, 1.54) is 27.1 Å². The number of nitrogens with two attached hydrogens (primary N) is 2. The van der Waals surface area contributed by atoms with E-state index in [1.807, 2.05) is 6.07 Å². The van der Waals surface area contributed by atoms with Crippen molar-refractivity contribution in [3.63, 3.8) is 0 Å². The fraction of sp³-hybridized carbons (Fsp3) is 0.0833. The lowest BCUT2D eigenvalue weighted by Gasteiger charge is -2.16. The van der Waals surface area contributed by atoms with Crippen molar-refractivity contribution in [1.29, 1.82) is 0 Å². The third-order valence-corrected chi connectivity index (χ3v) is 5.53. The normalized spacial score (nSPS) is 11.7. The average molecular weight is 336 g/mol. The van der Waals surface area contributed by atoms with Gasteiger partial charge in [0.2, 0.25) is 0 Å². The van der Waals surface area contributed by atoms with E-state index in [0.29, 0.717) is 0 Å². The molecule has 2 nitrogen and oxygen atoms in total. The first kappa shape index (κ1) is 15.0. The molecule has 0 spiro atoms. The molecule has 0 heterocycles. The molecule has 0 radical (unpaired) electrons. The number of nitrogen functional groups attached to an aromatic ring is 2. The Hall–Kier alpha value is -3.26. The third kappa shape index (κ3) is 1.99. The van der Waals surface area contributed by atoms with Gasteiger partial charge in [-0.2, -0.15) is 0 Å². The van der Waals surface area contributed by atoms with E-state index in [4.69, 9.17) is 11.5 Å². The number of benzene rings is 5. The van der Waals surface area contributed by atoms with E-state index in [9.17, 15) is 0 Å².